The molecule has 2 saturated heterocycles. The summed E-state index contributed by atoms with van der Waals surface area (Å²) < 4.78 is 5.45. The third-order valence-corrected chi connectivity index (χ3v) is 12.1. The van der Waals surface area contributed by atoms with E-state index in [-0.39, 0.29) is 40.5 Å². The molecule has 3 fully saturated rings. The number of nitrogens with one attached hydrogen (secondary N) is 1. The normalized spacial score (nSPS) is 26.0. The van der Waals surface area contributed by atoms with Gasteiger partial charge in [0.2, 0.25) is 11.8 Å². The Morgan fingerprint density at radius 3 is 2.33 bits per heavy atom. The van der Waals surface area contributed by atoms with Gasteiger partial charge in [0, 0.05) is 16.5 Å². The van der Waals surface area contributed by atoms with E-state index in [9.17, 15) is 29.5 Å². The minimum absolute atomic E-state index is 0.0292. The van der Waals surface area contributed by atoms with Crippen LogP contribution < -0.4 is 20.5 Å². The van der Waals surface area contributed by atoms with Crippen LogP contribution in [0.5, 0.6) is 11.5 Å². The van der Waals surface area contributed by atoms with Crippen molar-refractivity contribution in [3.8, 4) is 11.5 Å². The number of aryl methyl sites for hydroxylation is 1. The molecule has 2 heterocycles. The van der Waals surface area contributed by atoms with Gasteiger partial charge in [-0.15, -0.1) is 0 Å². The van der Waals surface area contributed by atoms with Gasteiger partial charge < -0.3 is 19.9 Å². The van der Waals surface area contributed by atoms with Crippen LogP contribution in [-0.2, 0) is 24.6 Å². The van der Waals surface area contributed by atoms with Crippen LogP contribution >= 0.6 is 23.2 Å². The second-order valence-corrected chi connectivity index (χ2v) is 15.0. The number of amides is 4. The SMILES string of the molecule is COc1ccc([C@@]23C(=O)N(Nc4ccc(Cl)cc4Cl)C(=O)[C@@H]2C[C@@H]2C(=CC[C@@H]4C(=O)N(c5cccc(B(O)O)c5)C(=O)[C@@H]42)[C@@H]3c2cccc(C)c2O)cc1. The van der Waals surface area contributed by atoms with Gasteiger partial charge in [-0.2, -0.15) is 5.01 Å². The maximum Gasteiger partial charge on any atom is 0.488 e. The number of imide groups is 2. The number of benzene rings is 4. The van der Waals surface area contributed by atoms with Gasteiger partial charge in [0.15, 0.2) is 0 Å². The first-order valence-electron chi connectivity index (χ1n) is 17.4. The van der Waals surface area contributed by atoms with Crippen LogP contribution in [0, 0.1) is 30.6 Å². The summed E-state index contributed by atoms with van der Waals surface area (Å²) in [6.45, 7) is 1.74. The minimum atomic E-state index is -1.81. The van der Waals surface area contributed by atoms with Crippen molar-refractivity contribution >= 4 is 70.8 Å². The average Bonchev–Trinajstić information content (AvgIpc) is 3.54. The number of carbonyl (C=O) groups excluding carboxylic acids is 4. The Morgan fingerprint density at radius 2 is 1.63 bits per heavy atom. The van der Waals surface area contributed by atoms with Crippen molar-refractivity contribution in [2.45, 2.75) is 31.1 Å². The van der Waals surface area contributed by atoms with E-state index in [1.807, 2.05) is 6.08 Å². The lowest BCUT2D eigenvalue weighted by Gasteiger charge is -2.50. The molecule has 4 aliphatic rings. The van der Waals surface area contributed by atoms with Crippen LogP contribution in [0.15, 0.2) is 96.6 Å². The Bertz CT molecular complexity index is 2280. The molecule has 0 aromatic heterocycles. The summed E-state index contributed by atoms with van der Waals surface area (Å²) in [4.78, 5) is 60.1. The van der Waals surface area contributed by atoms with Crippen LogP contribution in [0.2, 0.25) is 10.0 Å². The number of phenolic OH excluding ortho intramolecular Hbond substituents is 1. The van der Waals surface area contributed by atoms with Crippen molar-refractivity contribution in [1.82, 2.24) is 5.01 Å². The summed E-state index contributed by atoms with van der Waals surface area (Å²) in [5.41, 5.74) is 4.02. The zero-order valence-corrected chi connectivity index (χ0v) is 30.6. The molecule has 4 aromatic carbocycles. The minimum Gasteiger partial charge on any atom is -0.507 e. The number of hydrazine groups is 1. The van der Waals surface area contributed by atoms with Gasteiger partial charge >= 0.3 is 7.12 Å². The molecule has 14 heteroatoms. The molecule has 4 aromatic rings. The van der Waals surface area contributed by atoms with E-state index in [2.05, 4.69) is 5.43 Å². The zero-order chi connectivity index (χ0) is 38.2. The molecule has 2 aliphatic heterocycles. The van der Waals surface area contributed by atoms with Gasteiger partial charge in [0.1, 0.15) is 11.5 Å². The van der Waals surface area contributed by atoms with Gasteiger partial charge in [-0.1, -0.05) is 77.3 Å². The Hall–Kier alpha value is -5.14. The number of ether oxygens (including phenoxy) is 1. The molecule has 4 amide bonds. The third-order valence-electron chi connectivity index (χ3n) is 11.6. The van der Waals surface area contributed by atoms with Crippen molar-refractivity contribution in [2.75, 3.05) is 17.4 Å². The number of anilines is 2. The van der Waals surface area contributed by atoms with Gasteiger partial charge in [-0.3, -0.25) is 29.5 Å². The van der Waals surface area contributed by atoms with Crippen LogP contribution in [-0.4, -0.2) is 58.0 Å². The predicted molar refractivity (Wildman–Crippen MR) is 202 cm³/mol. The molecule has 11 nitrogen and oxygen atoms in total. The summed E-state index contributed by atoms with van der Waals surface area (Å²) in [6.07, 6.45) is 2.09. The quantitative estimate of drug-likeness (QED) is 0.117. The van der Waals surface area contributed by atoms with Crippen molar-refractivity contribution in [2.24, 2.45) is 23.7 Å². The predicted octanol–water partition coefficient (Wildman–Crippen LogP) is 4.89. The first-order valence-corrected chi connectivity index (χ1v) is 18.2. The maximum atomic E-state index is 15.4. The lowest BCUT2D eigenvalue weighted by Crippen LogP contribution is -2.53. The number of aromatic hydroxyl groups is 1. The van der Waals surface area contributed by atoms with Crippen LogP contribution in [0.1, 0.15) is 35.4 Å². The summed E-state index contributed by atoms with van der Waals surface area (Å²) in [7, 11) is -0.291. The molecule has 274 valence electrons. The largest absolute Gasteiger partial charge is 0.507 e. The Kier molecular flexibility index (Phi) is 8.84. The van der Waals surface area contributed by atoms with E-state index >= 15 is 4.79 Å². The molecule has 1 saturated carbocycles. The number of hydrogen-bond donors (Lipinski definition) is 4. The Morgan fingerprint density at radius 1 is 0.889 bits per heavy atom. The lowest BCUT2D eigenvalue weighted by atomic mass is 9.49. The molecular weight excluding hydrogens is 732 g/mol. The standard InChI is InChI=1S/C40H34BCl2N3O8/c1-20-5-3-8-28(35(20)47)34-26-14-15-27-33(38(50)45(36(27)48)24-7-4-6-22(17-24)41(52)53)29(26)19-30-37(49)46(44-32-16-11-23(42)18-31(32)43)39(51)40(30,34)21-9-12-25(54-2)13-10-21/h3-14,16-18,27,29-30,33-34,44,47,52-53H,15,19H2,1-2H3/t27-,29+,30-,33-,34+,40+/m0/s1. The molecule has 0 unspecified atom stereocenters. The summed E-state index contributed by atoms with van der Waals surface area (Å²) in [5, 5.41) is 33.0. The summed E-state index contributed by atoms with van der Waals surface area (Å²) >= 11 is 12.7. The van der Waals surface area contributed by atoms with E-state index in [0.717, 1.165) is 9.91 Å². The van der Waals surface area contributed by atoms with Gasteiger partial charge in [0.25, 0.3) is 11.8 Å². The van der Waals surface area contributed by atoms with Crippen molar-refractivity contribution in [3.63, 3.8) is 0 Å². The number of phenols is 1. The molecule has 6 atom stereocenters. The molecule has 4 N–H and O–H groups in total. The fourth-order valence-corrected chi connectivity index (χ4v) is 9.63. The number of rotatable bonds is 7. The second kappa shape index (κ2) is 13.3. The number of halogens is 2. The van der Waals surface area contributed by atoms with E-state index in [4.69, 9.17) is 27.9 Å². The number of methoxy groups -OCH3 is 1. The zero-order valence-electron chi connectivity index (χ0n) is 29.1. The van der Waals surface area contributed by atoms with Gasteiger partial charge in [-0.25, -0.2) is 0 Å². The molecule has 0 radical (unpaired) electrons. The smallest absolute Gasteiger partial charge is 0.488 e. The topological polar surface area (TPSA) is 157 Å². The number of fused-ring (bicyclic) bond motifs is 4. The summed E-state index contributed by atoms with van der Waals surface area (Å²) in [5.74, 6) is -6.01. The third kappa shape index (κ3) is 5.26. The molecule has 0 spiro atoms. The van der Waals surface area contributed by atoms with Crippen molar-refractivity contribution < 1.29 is 39.1 Å². The fourth-order valence-electron chi connectivity index (χ4n) is 9.18. The van der Waals surface area contributed by atoms with Crippen LogP contribution in [0.4, 0.5) is 11.4 Å². The monoisotopic (exact) mass is 765 g/mol. The first kappa shape index (κ1) is 35.9. The van der Waals surface area contributed by atoms with Crippen molar-refractivity contribution in [3.05, 3.63) is 123 Å². The highest BCUT2D eigenvalue weighted by Crippen LogP contribution is 2.65. The van der Waals surface area contributed by atoms with Gasteiger partial charge in [-0.05, 0) is 84.7 Å². The molecule has 2 aliphatic carbocycles. The Balaban J connectivity index is 1.33. The number of para-hydroxylation sites is 1. The maximum absolute atomic E-state index is 15.4. The summed E-state index contributed by atoms with van der Waals surface area (Å²) in [6, 6.07) is 22.7. The first-order chi connectivity index (χ1) is 25.9. The van der Waals surface area contributed by atoms with E-state index < -0.39 is 65.8 Å². The number of nitrogens with zero attached hydrogens (tertiary/aromatic N) is 2. The second-order valence-electron chi connectivity index (χ2n) is 14.2. The molecule has 0 bridgehead atoms. The molecule has 54 heavy (non-hydrogen) atoms. The highest BCUT2D eigenvalue weighted by atomic mass is 35.5. The van der Waals surface area contributed by atoms with Crippen molar-refractivity contribution in [1.29, 1.82) is 0 Å². The fraction of sp³-hybridized carbons (Fsp3) is 0.250. The molecular formula is C40H34BCl2N3O8. The molecule has 8 rings (SSSR count). The van der Waals surface area contributed by atoms with E-state index in [1.54, 1.807) is 67.6 Å². The number of allylic oxidation sites excluding steroid dienone is 2. The van der Waals surface area contributed by atoms with E-state index in [0.29, 0.717) is 33.0 Å². The lowest BCUT2D eigenvalue weighted by molar-refractivity contribution is -0.138. The van der Waals surface area contributed by atoms with Gasteiger partial charge in [0.05, 0.1) is 46.7 Å². The average molecular weight is 766 g/mol. The van der Waals surface area contributed by atoms with Crippen LogP contribution in [0.25, 0.3) is 0 Å². The van der Waals surface area contributed by atoms with Crippen LogP contribution in [0.3, 0.4) is 0 Å². The number of carbonyl (C=O) groups is 4. The Labute approximate surface area is 320 Å². The van der Waals surface area contributed by atoms with E-state index in [1.165, 1.54) is 31.4 Å². The number of hydrogen-bond acceptors (Lipinski definition) is 9. The highest BCUT2D eigenvalue weighted by Gasteiger charge is 2.70. The highest BCUT2D eigenvalue weighted by molar-refractivity contribution is 6.58.